The second kappa shape index (κ2) is 6.15. The van der Waals surface area contributed by atoms with E-state index in [-0.39, 0.29) is 0 Å². The molecule has 0 amide bonds. The largest absolute Gasteiger partial charge is 0.417 e. The summed E-state index contributed by atoms with van der Waals surface area (Å²) in [5, 5.41) is 3.49. The zero-order chi connectivity index (χ0) is 19.7. The van der Waals surface area contributed by atoms with Crippen molar-refractivity contribution in [1.82, 2.24) is 0 Å². The second-order valence-electron chi connectivity index (χ2n) is 10.0. The average Bonchev–Trinajstić information content (AvgIpc) is 2.98. The van der Waals surface area contributed by atoms with Crippen LogP contribution in [0.15, 0.2) is 48.1 Å². The van der Waals surface area contributed by atoms with Crippen LogP contribution in [0, 0.1) is 0 Å². The molecule has 1 nitrogen and oxygen atoms in total. The van der Waals surface area contributed by atoms with Gasteiger partial charge in [-0.05, 0) is 89.1 Å². The van der Waals surface area contributed by atoms with Crippen LogP contribution >= 0.6 is 0 Å². The minimum atomic E-state index is -1.42. The second-order valence-corrected chi connectivity index (χ2v) is 18.8. The molecule has 2 aromatic carbocycles. The van der Waals surface area contributed by atoms with Gasteiger partial charge in [0.15, 0.2) is 8.32 Å². The molecule has 144 valence electrons. The lowest BCUT2D eigenvalue weighted by molar-refractivity contribution is 0.316. The molecule has 2 aromatic rings. The lowest BCUT2D eigenvalue weighted by Crippen LogP contribution is -2.25. The minimum absolute atomic E-state index is 0.862. The molecule has 0 saturated carbocycles. The minimum Gasteiger partial charge on any atom is -0.417 e. The van der Waals surface area contributed by atoms with E-state index in [1.54, 1.807) is 21.5 Å². The molecular weight excluding hydrogens is 372 g/mol. The molecule has 0 aromatic heterocycles. The summed E-state index contributed by atoms with van der Waals surface area (Å²) in [4.78, 5) is 0. The highest BCUT2D eigenvalue weighted by molar-refractivity contribution is 7.16. The van der Waals surface area contributed by atoms with E-state index in [1.807, 2.05) is 0 Å². The Labute approximate surface area is 171 Å². The van der Waals surface area contributed by atoms with Crippen LogP contribution in [0.3, 0.4) is 0 Å². The fourth-order valence-corrected chi connectivity index (χ4v) is 9.70. The SMILES string of the molecule is C[Si](C)(C)OCCC1=CCC(c2cc3c(c4c2[Si]4(C)C)Cc2ccccc2-3)=C1. The maximum Gasteiger partial charge on any atom is 0.183 e. The molecule has 0 fully saturated rings. The van der Waals surface area contributed by atoms with Crippen LogP contribution in [0.2, 0.25) is 32.7 Å². The first-order valence-corrected chi connectivity index (χ1v) is 17.0. The predicted octanol–water partition coefficient (Wildman–Crippen LogP) is 5.35. The lowest BCUT2D eigenvalue weighted by Gasteiger charge is -2.16. The van der Waals surface area contributed by atoms with Crippen molar-refractivity contribution in [3.8, 4) is 11.1 Å². The summed E-state index contributed by atoms with van der Waals surface area (Å²) in [5.41, 5.74) is 10.7. The molecule has 3 heteroatoms. The van der Waals surface area contributed by atoms with Gasteiger partial charge in [0.05, 0.1) is 0 Å². The molecule has 3 aliphatic rings. The van der Waals surface area contributed by atoms with E-state index in [2.05, 4.69) is 75.2 Å². The smallest absolute Gasteiger partial charge is 0.183 e. The van der Waals surface area contributed by atoms with Crippen LogP contribution in [-0.4, -0.2) is 23.0 Å². The van der Waals surface area contributed by atoms with Gasteiger partial charge in [-0.15, -0.1) is 0 Å². The van der Waals surface area contributed by atoms with Gasteiger partial charge in [-0.25, -0.2) is 0 Å². The van der Waals surface area contributed by atoms with Gasteiger partial charge in [-0.2, -0.15) is 0 Å². The molecule has 1 heterocycles. The molecule has 1 aliphatic heterocycles. The monoisotopic (exact) mass is 402 g/mol. The van der Waals surface area contributed by atoms with Gasteiger partial charge in [0.25, 0.3) is 0 Å². The Hall–Kier alpha value is -1.69. The normalized spacial score (nSPS) is 18.3. The van der Waals surface area contributed by atoms with Gasteiger partial charge in [0.1, 0.15) is 8.07 Å². The Morgan fingerprint density at radius 2 is 1.79 bits per heavy atom. The Bertz CT molecular complexity index is 1050. The van der Waals surface area contributed by atoms with Crippen molar-refractivity contribution in [1.29, 1.82) is 0 Å². The summed E-state index contributed by atoms with van der Waals surface area (Å²) < 4.78 is 6.07. The van der Waals surface area contributed by atoms with Crippen molar-refractivity contribution in [2.24, 2.45) is 0 Å². The third-order valence-electron chi connectivity index (χ3n) is 6.51. The Morgan fingerprint density at radius 3 is 2.57 bits per heavy atom. The highest BCUT2D eigenvalue weighted by Gasteiger charge is 2.50. The number of hydrogen-bond acceptors (Lipinski definition) is 1. The number of rotatable bonds is 5. The summed E-state index contributed by atoms with van der Waals surface area (Å²) in [7, 11) is -2.78. The number of allylic oxidation sites excluding steroid dienone is 3. The first kappa shape index (κ1) is 18.3. The molecule has 28 heavy (non-hydrogen) atoms. The van der Waals surface area contributed by atoms with E-state index < -0.39 is 16.4 Å². The van der Waals surface area contributed by atoms with Gasteiger partial charge in [0, 0.05) is 6.61 Å². The number of hydrogen-bond donors (Lipinski definition) is 0. The first-order chi connectivity index (χ1) is 13.3. The average molecular weight is 403 g/mol. The summed E-state index contributed by atoms with van der Waals surface area (Å²) >= 11 is 0. The zero-order valence-corrected chi connectivity index (χ0v) is 19.8. The molecular formula is C25H30OSi2. The fraction of sp³-hybridized carbons (Fsp3) is 0.360. The molecule has 0 radical (unpaired) electrons. The third kappa shape index (κ3) is 2.92. The van der Waals surface area contributed by atoms with E-state index in [0.717, 1.165) is 25.9 Å². The van der Waals surface area contributed by atoms with Gasteiger partial charge in [-0.3, -0.25) is 0 Å². The van der Waals surface area contributed by atoms with E-state index in [0.29, 0.717) is 0 Å². The van der Waals surface area contributed by atoms with Crippen molar-refractivity contribution in [3.63, 3.8) is 0 Å². The summed E-state index contributed by atoms with van der Waals surface area (Å²) in [5.74, 6) is 0. The van der Waals surface area contributed by atoms with E-state index in [4.69, 9.17) is 4.43 Å². The first-order valence-electron chi connectivity index (χ1n) is 10.6. The maximum absolute atomic E-state index is 6.07. The van der Waals surface area contributed by atoms with Crippen LogP contribution in [-0.2, 0) is 10.8 Å². The van der Waals surface area contributed by atoms with Gasteiger partial charge in [0.2, 0.25) is 0 Å². The summed E-state index contributed by atoms with van der Waals surface area (Å²) in [6.07, 6.45) is 8.15. The molecule has 5 rings (SSSR count). The van der Waals surface area contributed by atoms with Gasteiger partial charge < -0.3 is 4.43 Å². The van der Waals surface area contributed by atoms with Crippen LogP contribution in [0.4, 0.5) is 0 Å². The Kier molecular flexibility index (Phi) is 4.03. The van der Waals surface area contributed by atoms with Gasteiger partial charge >= 0.3 is 0 Å². The predicted molar refractivity (Wildman–Crippen MR) is 126 cm³/mol. The van der Waals surface area contributed by atoms with Crippen molar-refractivity contribution in [2.45, 2.75) is 52.0 Å². The van der Waals surface area contributed by atoms with E-state index in [9.17, 15) is 0 Å². The zero-order valence-electron chi connectivity index (χ0n) is 17.8. The number of benzene rings is 2. The standard InChI is InChI=1S/C25H30OSi2/c1-27(2,3)26-13-12-17-10-11-19(14-17)21-16-22-20-9-7-6-8-18(20)15-23(22)25-24(21)28(25,4)5/h6-10,14,16H,11-13,15H2,1-5H3. The van der Waals surface area contributed by atoms with Crippen LogP contribution in [0.5, 0.6) is 0 Å². The van der Waals surface area contributed by atoms with Crippen molar-refractivity contribution in [2.75, 3.05) is 6.61 Å². The quantitative estimate of drug-likeness (QED) is 0.523. The van der Waals surface area contributed by atoms with Crippen LogP contribution < -0.4 is 10.4 Å². The summed E-state index contributed by atoms with van der Waals surface area (Å²) in [6.45, 7) is 12.7. The summed E-state index contributed by atoms with van der Waals surface area (Å²) in [6, 6.07) is 11.5. The topological polar surface area (TPSA) is 9.23 Å². The maximum atomic E-state index is 6.07. The highest BCUT2D eigenvalue weighted by atomic mass is 28.4. The lowest BCUT2D eigenvalue weighted by atomic mass is 9.98. The molecule has 0 N–H and O–H groups in total. The molecule has 0 unspecified atom stereocenters. The van der Waals surface area contributed by atoms with Crippen LogP contribution in [0.1, 0.15) is 29.5 Å². The van der Waals surface area contributed by atoms with Crippen molar-refractivity contribution < 1.29 is 4.43 Å². The van der Waals surface area contributed by atoms with E-state index in [1.165, 1.54) is 27.8 Å². The Balaban J connectivity index is 1.46. The highest BCUT2D eigenvalue weighted by Crippen LogP contribution is 2.42. The van der Waals surface area contributed by atoms with Crippen molar-refractivity contribution >= 4 is 32.3 Å². The molecule has 0 atom stereocenters. The van der Waals surface area contributed by atoms with E-state index >= 15 is 0 Å². The molecule has 0 spiro atoms. The fourth-order valence-electron chi connectivity index (χ4n) is 5.13. The van der Waals surface area contributed by atoms with Gasteiger partial charge in [-0.1, -0.05) is 54.7 Å². The Morgan fingerprint density at radius 1 is 1.00 bits per heavy atom. The molecule has 0 saturated heterocycles. The van der Waals surface area contributed by atoms with Crippen molar-refractivity contribution in [3.05, 3.63) is 64.7 Å². The van der Waals surface area contributed by atoms with Crippen LogP contribution in [0.25, 0.3) is 16.7 Å². The molecule has 0 bridgehead atoms. The number of fused-ring (bicyclic) bond motifs is 5. The molecule has 2 aliphatic carbocycles. The third-order valence-corrected chi connectivity index (χ3v) is 10.9.